The van der Waals surface area contributed by atoms with Gasteiger partial charge in [-0.25, -0.2) is 4.98 Å². The second-order valence-electron chi connectivity index (χ2n) is 3.40. The molecule has 0 aliphatic carbocycles. The summed E-state index contributed by atoms with van der Waals surface area (Å²) in [6.45, 7) is 1.81. The summed E-state index contributed by atoms with van der Waals surface area (Å²) in [5.41, 5.74) is 0.102. The quantitative estimate of drug-likeness (QED) is 0.785. The van der Waals surface area contributed by atoms with Crippen LogP contribution in [0.3, 0.4) is 0 Å². The number of halogens is 1. The first kappa shape index (κ1) is 10.5. The number of hydrogen-bond acceptors (Lipinski definition) is 2. The van der Waals surface area contributed by atoms with Gasteiger partial charge in [0.2, 0.25) is 5.95 Å². The summed E-state index contributed by atoms with van der Waals surface area (Å²) in [6, 6.07) is 8.68. The molecule has 0 saturated carbocycles. The zero-order valence-corrected chi connectivity index (χ0v) is 8.83. The second-order valence-corrected chi connectivity index (χ2v) is 3.40. The van der Waals surface area contributed by atoms with Gasteiger partial charge in [0, 0.05) is 6.42 Å². The predicted octanol–water partition coefficient (Wildman–Crippen LogP) is 2.14. The molecule has 1 aromatic carbocycles. The molecule has 82 valence electrons. The molecule has 0 bridgehead atoms. The molecule has 0 amide bonds. The van der Waals surface area contributed by atoms with E-state index in [-0.39, 0.29) is 5.56 Å². The molecular weight excluding hydrogens is 207 g/mol. The van der Waals surface area contributed by atoms with E-state index >= 15 is 0 Å². The third-order valence-corrected chi connectivity index (χ3v) is 2.32. The van der Waals surface area contributed by atoms with E-state index in [1.54, 1.807) is 31.2 Å². The Balaban J connectivity index is 2.63. The summed E-state index contributed by atoms with van der Waals surface area (Å²) >= 11 is 0. The molecule has 0 aliphatic heterocycles. The van der Waals surface area contributed by atoms with Crippen LogP contribution < -0.4 is 5.56 Å². The molecular formula is C12H11FN2O. The number of aromatic amines is 1. The smallest absolute Gasteiger partial charge is 0.261 e. The van der Waals surface area contributed by atoms with Crippen molar-refractivity contribution < 1.29 is 4.39 Å². The van der Waals surface area contributed by atoms with Crippen LogP contribution in [-0.2, 0) is 6.42 Å². The lowest BCUT2D eigenvalue weighted by Crippen LogP contribution is -2.16. The lowest BCUT2D eigenvalue weighted by atomic mass is 10.1. The molecule has 0 aliphatic rings. The highest BCUT2D eigenvalue weighted by Gasteiger charge is 2.12. The third kappa shape index (κ3) is 1.86. The van der Waals surface area contributed by atoms with Gasteiger partial charge in [-0.3, -0.25) is 4.79 Å². The summed E-state index contributed by atoms with van der Waals surface area (Å²) in [4.78, 5) is 17.9. The third-order valence-electron chi connectivity index (χ3n) is 2.32. The molecule has 0 fully saturated rings. The van der Waals surface area contributed by atoms with Crippen molar-refractivity contribution in [3.63, 3.8) is 0 Å². The minimum Gasteiger partial charge on any atom is -0.310 e. The minimum absolute atomic E-state index is 0.00204. The number of aromatic nitrogens is 2. The molecule has 2 aromatic rings. The first-order valence-electron chi connectivity index (χ1n) is 5.06. The van der Waals surface area contributed by atoms with E-state index in [2.05, 4.69) is 9.97 Å². The van der Waals surface area contributed by atoms with Crippen LogP contribution in [0.2, 0.25) is 0 Å². The van der Waals surface area contributed by atoms with Crippen LogP contribution >= 0.6 is 0 Å². The first-order valence-corrected chi connectivity index (χ1v) is 5.06. The molecule has 0 saturated heterocycles. The average Bonchev–Trinajstić information content (AvgIpc) is 2.29. The second kappa shape index (κ2) is 4.26. The largest absolute Gasteiger partial charge is 0.310 e. The Bertz CT molecular complexity index is 549. The Morgan fingerprint density at radius 1 is 1.31 bits per heavy atom. The highest BCUT2D eigenvalue weighted by atomic mass is 19.1. The van der Waals surface area contributed by atoms with Gasteiger partial charge in [0.05, 0.1) is 0 Å². The number of nitrogens with one attached hydrogen (secondary N) is 1. The standard InChI is InChI=1S/C12H11FN2O/c1-2-9-14-11(13)10(12(16)15-9)8-6-4-3-5-7-8/h3-7H,2H2,1H3,(H,14,15,16). The van der Waals surface area contributed by atoms with E-state index < -0.39 is 11.5 Å². The van der Waals surface area contributed by atoms with E-state index in [9.17, 15) is 9.18 Å². The summed E-state index contributed by atoms with van der Waals surface area (Å²) < 4.78 is 13.7. The monoisotopic (exact) mass is 218 g/mol. The van der Waals surface area contributed by atoms with Crippen LogP contribution in [0, 0.1) is 5.95 Å². The number of H-pyrrole nitrogens is 1. The van der Waals surface area contributed by atoms with Crippen LogP contribution in [0.4, 0.5) is 4.39 Å². The fourth-order valence-corrected chi connectivity index (χ4v) is 1.51. The average molecular weight is 218 g/mol. The van der Waals surface area contributed by atoms with Crippen LogP contribution in [0.25, 0.3) is 11.1 Å². The van der Waals surface area contributed by atoms with Crippen molar-refractivity contribution in [1.82, 2.24) is 9.97 Å². The summed E-state index contributed by atoms with van der Waals surface area (Å²) in [6.07, 6.45) is 0.501. The van der Waals surface area contributed by atoms with Gasteiger partial charge >= 0.3 is 0 Å². The summed E-state index contributed by atoms with van der Waals surface area (Å²) in [7, 11) is 0. The SMILES string of the molecule is CCc1nc(F)c(-c2ccccc2)c(=O)[nH]1. The maximum atomic E-state index is 13.7. The van der Waals surface area contributed by atoms with Crippen molar-refractivity contribution in [2.24, 2.45) is 0 Å². The number of benzene rings is 1. The number of hydrogen-bond donors (Lipinski definition) is 1. The first-order chi connectivity index (χ1) is 7.72. The normalized spacial score (nSPS) is 10.4. The van der Waals surface area contributed by atoms with Gasteiger partial charge in [-0.2, -0.15) is 4.39 Å². The van der Waals surface area contributed by atoms with Gasteiger partial charge in [0.15, 0.2) is 0 Å². The van der Waals surface area contributed by atoms with E-state index in [0.717, 1.165) is 0 Å². The van der Waals surface area contributed by atoms with Crippen LogP contribution in [0.5, 0.6) is 0 Å². The van der Waals surface area contributed by atoms with Crippen molar-refractivity contribution in [1.29, 1.82) is 0 Å². The highest BCUT2D eigenvalue weighted by molar-refractivity contribution is 5.61. The minimum atomic E-state index is -0.716. The van der Waals surface area contributed by atoms with E-state index in [1.165, 1.54) is 0 Å². The van der Waals surface area contributed by atoms with Gasteiger partial charge in [0.1, 0.15) is 11.4 Å². The molecule has 2 rings (SSSR count). The number of nitrogens with zero attached hydrogens (tertiary/aromatic N) is 1. The number of rotatable bonds is 2. The van der Waals surface area contributed by atoms with Gasteiger partial charge in [-0.05, 0) is 5.56 Å². The van der Waals surface area contributed by atoms with Gasteiger partial charge < -0.3 is 4.98 Å². The zero-order chi connectivity index (χ0) is 11.5. The van der Waals surface area contributed by atoms with Crippen molar-refractivity contribution in [2.45, 2.75) is 13.3 Å². The molecule has 0 radical (unpaired) electrons. The molecule has 16 heavy (non-hydrogen) atoms. The van der Waals surface area contributed by atoms with E-state index in [1.807, 2.05) is 6.07 Å². The zero-order valence-electron chi connectivity index (χ0n) is 8.83. The fraction of sp³-hybridized carbons (Fsp3) is 0.167. The maximum absolute atomic E-state index is 13.7. The lowest BCUT2D eigenvalue weighted by molar-refractivity contribution is 0.572. The summed E-state index contributed by atoms with van der Waals surface area (Å²) in [5.74, 6) is -0.353. The maximum Gasteiger partial charge on any atom is 0.261 e. The molecule has 3 nitrogen and oxygen atoms in total. The Morgan fingerprint density at radius 3 is 2.56 bits per heavy atom. The topological polar surface area (TPSA) is 45.8 Å². The molecule has 0 atom stereocenters. The molecule has 1 N–H and O–H groups in total. The van der Waals surface area contributed by atoms with Gasteiger partial charge in [-0.15, -0.1) is 0 Å². The molecule has 1 heterocycles. The summed E-state index contributed by atoms with van der Waals surface area (Å²) in [5, 5.41) is 0. The van der Waals surface area contributed by atoms with E-state index in [4.69, 9.17) is 0 Å². The van der Waals surface area contributed by atoms with Crippen molar-refractivity contribution >= 4 is 0 Å². The Labute approximate surface area is 92.0 Å². The molecule has 4 heteroatoms. The molecule has 0 unspecified atom stereocenters. The molecule has 0 spiro atoms. The highest BCUT2D eigenvalue weighted by Crippen LogP contribution is 2.16. The Kier molecular flexibility index (Phi) is 2.81. The number of aryl methyl sites for hydroxylation is 1. The van der Waals surface area contributed by atoms with Crippen LogP contribution in [-0.4, -0.2) is 9.97 Å². The van der Waals surface area contributed by atoms with Crippen molar-refractivity contribution in [2.75, 3.05) is 0 Å². The van der Waals surface area contributed by atoms with Crippen LogP contribution in [0.15, 0.2) is 35.1 Å². The lowest BCUT2D eigenvalue weighted by Gasteiger charge is -2.03. The Morgan fingerprint density at radius 2 is 2.00 bits per heavy atom. The van der Waals surface area contributed by atoms with Crippen molar-refractivity contribution in [3.05, 3.63) is 52.5 Å². The van der Waals surface area contributed by atoms with E-state index in [0.29, 0.717) is 17.8 Å². The predicted molar refractivity (Wildman–Crippen MR) is 59.6 cm³/mol. The van der Waals surface area contributed by atoms with Gasteiger partial charge in [-0.1, -0.05) is 37.3 Å². The van der Waals surface area contributed by atoms with Gasteiger partial charge in [0.25, 0.3) is 5.56 Å². The molecule has 1 aromatic heterocycles. The fourth-order valence-electron chi connectivity index (χ4n) is 1.51. The van der Waals surface area contributed by atoms with Crippen molar-refractivity contribution in [3.8, 4) is 11.1 Å². The van der Waals surface area contributed by atoms with Crippen LogP contribution in [0.1, 0.15) is 12.7 Å². The Hall–Kier alpha value is -1.97.